The molecule has 0 amide bonds. The van der Waals surface area contributed by atoms with Gasteiger partial charge < -0.3 is 14.9 Å². The summed E-state index contributed by atoms with van der Waals surface area (Å²) in [5.74, 6) is 1.15. The van der Waals surface area contributed by atoms with E-state index < -0.39 is 6.10 Å². The summed E-state index contributed by atoms with van der Waals surface area (Å²) in [5, 5.41) is 25.7. The summed E-state index contributed by atoms with van der Waals surface area (Å²) >= 11 is 0. The molecule has 1 saturated heterocycles. The molecule has 5 rings (SSSR count). The topological polar surface area (TPSA) is 52.9 Å². The maximum Gasteiger partial charge on any atom is 0.122 e. The number of nitrogens with zero attached hydrogens (tertiary/aromatic N) is 1. The molecule has 0 aliphatic carbocycles. The Morgan fingerprint density at radius 3 is 2.74 bits per heavy atom. The van der Waals surface area contributed by atoms with E-state index in [1.807, 2.05) is 19.1 Å². The maximum absolute atomic E-state index is 11.3. The van der Waals surface area contributed by atoms with E-state index in [1.165, 1.54) is 5.56 Å². The highest BCUT2D eigenvalue weighted by molar-refractivity contribution is 6.12. The van der Waals surface area contributed by atoms with Crippen LogP contribution in [-0.4, -0.2) is 34.3 Å². The molecule has 0 aromatic heterocycles. The lowest BCUT2D eigenvalue weighted by molar-refractivity contribution is 0.0552. The van der Waals surface area contributed by atoms with Gasteiger partial charge in [0.05, 0.1) is 12.7 Å². The minimum Gasteiger partial charge on any atom is -0.508 e. The fourth-order valence-electron chi connectivity index (χ4n) is 5.08. The molecule has 2 atom stereocenters. The third-order valence-electron chi connectivity index (χ3n) is 6.28. The Bertz CT molecular complexity index is 1060. The second kappa shape index (κ2) is 6.11. The zero-order valence-electron chi connectivity index (χ0n) is 15.8. The van der Waals surface area contributed by atoms with E-state index in [0.29, 0.717) is 6.61 Å². The Morgan fingerprint density at radius 2 is 1.93 bits per heavy atom. The molecule has 2 aliphatic rings. The van der Waals surface area contributed by atoms with Crippen LogP contribution in [0.25, 0.3) is 21.5 Å². The molecule has 2 heterocycles. The van der Waals surface area contributed by atoms with Crippen LogP contribution in [0.4, 0.5) is 0 Å². The number of hydrogen-bond acceptors (Lipinski definition) is 4. The molecular formula is C23H25NO3. The molecule has 27 heavy (non-hydrogen) atoms. The third-order valence-corrected chi connectivity index (χ3v) is 6.28. The minimum absolute atomic E-state index is 0.198. The number of benzene rings is 3. The zero-order valence-corrected chi connectivity index (χ0v) is 15.8. The molecule has 0 bridgehead atoms. The monoisotopic (exact) mass is 363 g/mol. The van der Waals surface area contributed by atoms with Crippen molar-refractivity contribution in [2.45, 2.75) is 45.4 Å². The highest BCUT2D eigenvalue weighted by Crippen LogP contribution is 2.46. The van der Waals surface area contributed by atoms with Gasteiger partial charge in [0.25, 0.3) is 0 Å². The van der Waals surface area contributed by atoms with Gasteiger partial charge in [0, 0.05) is 12.6 Å². The van der Waals surface area contributed by atoms with E-state index in [4.69, 9.17) is 4.74 Å². The second-order valence-electron chi connectivity index (χ2n) is 7.84. The number of aliphatic hydroxyl groups excluding tert-OH is 1. The molecular weight excluding hydrogens is 338 g/mol. The van der Waals surface area contributed by atoms with E-state index in [-0.39, 0.29) is 11.8 Å². The Labute approximate surface area is 159 Å². The molecule has 0 saturated carbocycles. The van der Waals surface area contributed by atoms with E-state index >= 15 is 0 Å². The lowest BCUT2D eigenvalue weighted by atomic mass is 9.83. The Morgan fingerprint density at radius 1 is 1.11 bits per heavy atom. The van der Waals surface area contributed by atoms with Crippen LogP contribution >= 0.6 is 0 Å². The van der Waals surface area contributed by atoms with Gasteiger partial charge in [-0.1, -0.05) is 6.07 Å². The number of aliphatic hydroxyl groups is 1. The number of phenolic OH excluding ortho intramolecular Hbond substituents is 1. The predicted octanol–water partition coefficient (Wildman–Crippen LogP) is 4.42. The molecule has 0 radical (unpaired) electrons. The second-order valence-corrected chi connectivity index (χ2v) is 7.84. The Hall–Kier alpha value is -2.30. The number of phenols is 1. The molecule has 140 valence electrons. The molecule has 3 aromatic carbocycles. The maximum atomic E-state index is 11.3. The van der Waals surface area contributed by atoms with Gasteiger partial charge in [0.1, 0.15) is 11.5 Å². The highest BCUT2D eigenvalue weighted by atomic mass is 16.5. The molecule has 3 aromatic rings. The van der Waals surface area contributed by atoms with Crippen molar-refractivity contribution in [3.8, 4) is 11.5 Å². The lowest BCUT2D eigenvalue weighted by Gasteiger charge is -2.37. The van der Waals surface area contributed by atoms with Gasteiger partial charge in [0.2, 0.25) is 0 Å². The predicted molar refractivity (Wildman–Crippen MR) is 107 cm³/mol. The van der Waals surface area contributed by atoms with Crippen LogP contribution in [0.3, 0.4) is 0 Å². The smallest absolute Gasteiger partial charge is 0.122 e. The van der Waals surface area contributed by atoms with Crippen LogP contribution in [0.5, 0.6) is 11.5 Å². The molecule has 4 nitrogen and oxygen atoms in total. The summed E-state index contributed by atoms with van der Waals surface area (Å²) in [6.45, 7) is 6.58. The normalized spacial score (nSPS) is 22.2. The summed E-state index contributed by atoms with van der Waals surface area (Å²) in [6.07, 6.45) is 1.68. The van der Waals surface area contributed by atoms with Gasteiger partial charge in [-0.3, -0.25) is 4.90 Å². The van der Waals surface area contributed by atoms with Crippen molar-refractivity contribution in [2.75, 3.05) is 13.2 Å². The SMILES string of the molecule is CCOc1cc2c3c(c4ccc(O)cc4c2cc1C)[C@H](O)[C@@H]1CCCN1C3. The van der Waals surface area contributed by atoms with Crippen molar-refractivity contribution >= 4 is 21.5 Å². The number of fused-ring (bicyclic) bond motifs is 7. The zero-order chi connectivity index (χ0) is 18.7. The van der Waals surface area contributed by atoms with Gasteiger partial charge >= 0.3 is 0 Å². The van der Waals surface area contributed by atoms with Gasteiger partial charge in [0.15, 0.2) is 0 Å². The summed E-state index contributed by atoms with van der Waals surface area (Å²) < 4.78 is 5.86. The van der Waals surface area contributed by atoms with E-state index in [9.17, 15) is 10.2 Å². The molecule has 0 spiro atoms. The van der Waals surface area contributed by atoms with E-state index in [0.717, 1.165) is 64.4 Å². The standard InChI is InChI=1S/C23H25NO3/c1-3-27-21-11-18-16(9-13(21)2)17-10-14(25)6-7-15(17)22-19(18)12-24-8-4-5-20(24)23(22)26/h6-7,9-11,20,23,25-26H,3-5,8,12H2,1-2H3/t20-,23+/m0/s1. The lowest BCUT2D eigenvalue weighted by Crippen LogP contribution is -2.39. The van der Waals surface area contributed by atoms with Crippen LogP contribution in [0.15, 0.2) is 30.3 Å². The Kier molecular flexibility index (Phi) is 3.81. The van der Waals surface area contributed by atoms with Gasteiger partial charge in [-0.2, -0.15) is 0 Å². The average Bonchev–Trinajstić information content (AvgIpc) is 3.12. The Balaban J connectivity index is 1.90. The van der Waals surface area contributed by atoms with Crippen molar-refractivity contribution in [3.63, 3.8) is 0 Å². The van der Waals surface area contributed by atoms with Crippen LogP contribution in [-0.2, 0) is 6.54 Å². The first kappa shape index (κ1) is 16.8. The fraction of sp³-hybridized carbons (Fsp3) is 0.391. The van der Waals surface area contributed by atoms with E-state index in [2.05, 4.69) is 24.0 Å². The number of rotatable bonds is 2. The molecule has 2 aliphatic heterocycles. The summed E-state index contributed by atoms with van der Waals surface area (Å²) in [4.78, 5) is 2.42. The van der Waals surface area contributed by atoms with Crippen molar-refractivity contribution < 1.29 is 14.9 Å². The minimum atomic E-state index is -0.496. The van der Waals surface area contributed by atoms with E-state index in [1.54, 1.807) is 6.07 Å². The third kappa shape index (κ3) is 2.43. The molecule has 1 fully saturated rings. The van der Waals surface area contributed by atoms with Crippen LogP contribution in [0.2, 0.25) is 0 Å². The number of aryl methyl sites for hydroxylation is 1. The fourth-order valence-corrected chi connectivity index (χ4v) is 5.08. The van der Waals surface area contributed by atoms with Gasteiger partial charge in [-0.25, -0.2) is 0 Å². The summed E-state index contributed by atoms with van der Waals surface area (Å²) in [5.41, 5.74) is 3.33. The first-order valence-electron chi connectivity index (χ1n) is 9.85. The first-order valence-corrected chi connectivity index (χ1v) is 9.85. The van der Waals surface area contributed by atoms with Crippen molar-refractivity contribution in [1.29, 1.82) is 0 Å². The average molecular weight is 363 g/mol. The van der Waals surface area contributed by atoms with Crippen molar-refractivity contribution in [2.24, 2.45) is 0 Å². The number of hydrogen-bond donors (Lipinski definition) is 2. The highest BCUT2D eigenvalue weighted by Gasteiger charge is 2.38. The van der Waals surface area contributed by atoms with Gasteiger partial charge in [-0.15, -0.1) is 0 Å². The van der Waals surface area contributed by atoms with Crippen LogP contribution in [0, 0.1) is 6.92 Å². The molecule has 2 N–H and O–H groups in total. The van der Waals surface area contributed by atoms with Crippen LogP contribution < -0.4 is 4.74 Å². The number of ether oxygens (including phenoxy) is 1. The molecule has 4 heteroatoms. The largest absolute Gasteiger partial charge is 0.508 e. The molecule has 0 unspecified atom stereocenters. The van der Waals surface area contributed by atoms with Crippen molar-refractivity contribution in [1.82, 2.24) is 4.90 Å². The summed E-state index contributed by atoms with van der Waals surface area (Å²) in [7, 11) is 0. The van der Waals surface area contributed by atoms with Crippen LogP contribution in [0.1, 0.15) is 42.6 Å². The summed E-state index contributed by atoms with van der Waals surface area (Å²) in [6, 6.07) is 9.99. The van der Waals surface area contributed by atoms with Crippen molar-refractivity contribution in [3.05, 3.63) is 47.0 Å². The first-order chi connectivity index (χ1) is 13.1. The van der Waals surface area contributed by atoms with Gasteiger partial charge in [-0.05, 0) is 95.7 Å². The quantitative estimate of drug-likeness (QED) is 0.662. The number of aromatic hydroxyl groups is 1.